The standard InChI is InChI=1S/C26H49Cl2NO/c1-2-3-4-5-6-7-8-9-10-11-12-13-14-15-16-17-18-19-20-21-26(30)29(24-22-27)25-23-28/h9-10H,2-8,11-25H2,1H3/b10-9-. The number of amides is 1. The number of unbranched alkanes of at least 4 members (excludes halogenated alkanes) is 15. The Balaban J connectivity index is 3.31. The number of carbonyl (C=O) groups excluding carboxylic acids is 1. The average molecular weight is 463 g/mol. The van der Waals surface area contributed by atoms with Gasteiger partial charge in [0.25, 0.3) is 0 Å². The van der Waals surface area contributed by atoms with E-state index in [0.717, 1.165) is 12.8 Å². The lowest BCUT2D eigenvalue weighted by Gasteiger charge is -2.20. The van der Waals surface area contributed by atoms with Crippen LogP contribution < -0.4 is 0 Å². The number of allylic oxidation sites excluding steroid dienone is 2. The Morgan fingerprint density at radius 2 is 1.03 bits per heavy atom. The number of hydrogen-bond acceptors (Lipinski definition) is 1. The summed E-state index contributed by atoms with van der Waals surface area (Å²) in [6.07, 6.45) is 27.8. The lowest BCUT2D eigenvalue weighted by atomic mass is 10.1. The third-order valence-electron chi connectivity index (χ3n) is 5.71. The van der Waals surface area contributed by atoms with Gasteiger partial charge in [0, 0.05) is 31.3 Å². The van der Waals surface area contributed by atoms with Crippen molar-refractivity contribution in [1.29, 1.82) is 0 Å². The van der Waals surface area contributed by atoms with Gasteiger partial charge in [0.05, 0.1) is 0 Å². The molecule has 0 spiro atoms. The number of carbonyl (C=O) groups is 1. The summed E-state index contributed by atoms with van der Waals surface area (Å²) >= 11 is 11.5. The van der Waals surface area contributed by atoms with E-state index < -0.39 is 0 Å². The third kappa shape index (κ3) is 21.0. The van der Waals surface area contributed by atoms with Crippen molar-refractivity contribution in [3.05, 3.63) is 12.2 Å². The zero-order valence-electron chi connectivity index (χ0n) is 19.8. The zero-order valence-corrected chi connectivity index (χ0v) is 21.3. The highest BCUT2D eigenvalue weighted by molar-refractivity contribution is 6.18. The maximum absolute atomic E-state index is 12.1. The largest absolute Gasteiger partial charge is 0.340 e. The van der Waals surface area contributed by atoms with Gasteiger partial charge < -0.3 is 4.90 Å². The second-order valence-electron chi connectivity index (χ2n) is 8.51. The van der Waals surface area contributed by atoms with Crippen LogP contribution in [0.4, 0.5) is 0 Å². The Labute approximate surface area is 198 Å². The summed E-state index contributed by atoms with van der Waals surface area (Å²) in [6.45, 7) is 3.50. The molecule has 0 aromatic rings. The quantitative estimate of drug-likeness (QED) is 0.0843. The van der Waals surface area contributed by atoms with Gasteiger partial charge in [0.15, 0.2) is 0 Å². The normalized spacial score (nSPS) is 11.4. The van der Waals surface area contributed by atoms with Gasteiger partial charge in [-0.05, 0) is 32.1 Å². The number of nitrogens with zero attached hydrogens (tertiary/aromatic N) is 1. The molecule has 30 heavy (non-hydrogen) atoms. The van der Waals surface area contributed by atoms with E-state index in [1.807, 2.05) is 0 Å². The van der Waals surface area contributed by atoms with Crippen molar-refractivity contribution in [2.45, 2.75) is 122 Å². The second-order valence-corrected chi connectivity index (χ2v) is 9.26. The van der Waals surface area contributed by atoms with E-state index in [4.69, 9.17) is 23.2 Å². The van der Waals surface area contributed by atoms with Crippen LogP contribution >= 0.6 is 23.2 Å². The van der Waals surface area contributed by atoms with E-state index in [9.17, 15) is 4.79 Å². The Morgan fingerprint density at radius 1 is 0.633 bits per heavy atom. The SMILES string of the molecule is CCCCCCCC/C=C\CCCCCCCCCCCC(=O)N(CCCl)CCCl. The number of hydrogen-bond donors (Lipinski definition) is 0. The molecular weight excluding hydrogens is 413 g/mol. The van der Waals surface area contributed by atoms with E-state index in [0.29, 0.717) is 31.3 Å². The van der Waals surface area contributed by atoms with Crippen molar-refractivity contribution >= 4 is 29.1 Å². The fraction of sp³-hybridized carbons (Fsp3) is 0.885. The van der Waals surface area contributed by atoms with Crippen molar-refractivity contribution in [2.75, 3.05) is 24.8 Å². The minimum absolute atomic E-state index is 0.206. The summed E-state index contributed by atoms with van der Waals surface area (Å²) < 4.78 is 0. The van der Waals surface area contributed by atoms with E-state index in [1.54, 1.807) is 4.90 Å². The molecule has 0 aromatic heterocycles. The third-order valence-corrected chi connectivity index (χ3v) is 6.05. The van der Waals surface area contributed by atoms with Gasteiger partial charge in [0.1, 0.15) is 0 Å². The van der Waals surface area contributed by atoms with Crippen LogP contribution in [-0.2, 0) is 4.79 Å². The molecule has 0 heterocycles. The van der Waals surface area contributed by atoms with Crippen LogP contribution in [0.25, 0.3) is 0 Å². The molecule has 4 heteroatoms. The van der Waals surface area contributed by atoms with E-state index in [1.165, 1.54) is 96.3 Å². The predicted octanol–water partition coefficient (Wildman–Crippen LogP) is 8.89. The van der Waals surface area contributed by atoms with Crippen LogP contribution in [-0.4, -0.2) is 35.7 Å². The molecule has 0 N–H and O–H groups in total. The minimum atomic E-state index is 0.206. The van der Waals surface area contributed by atoms with Gasteiger partial charge in [-0.2, -0.15) is 0 Å². The number of halogens is 2. The van der Waals surface area contributed by atoms with Crippen molar-refractivity contribution < 1.29 is 4.79 Å². The molecule has 0 fully saturated rings. The first kappa shape index (κ1) is 29.8. The molecule has 0 unspecified atom stereocenters. The summed E-state index contributed by atoms with van der Waals surface area (Å²) in [7, 11) is 0. The topological polar surface area (TPSA) is 20.3 Å². The monoisotopic (exact) mass is 461 g/mol. The molecule has 2 nitrogen and oxygen atoms in total. The summed E-state index contributed by atoms with van der Waals surface area (Å²) in [4.78, 5) is 13.9. The van der Waals surface area contributed by atoms with Gasteiger partial charge in [-0.1, -0.05) is 96.1 Å². The van der Waals surface area contributed by atoms with Crippen LogP contribution in [0.3, 0.4) is 0 Å². The molecule has 0 aliphatic carbocycles. The Hall–Kier alpha value is -0.210. The Morgan fingerprint density at radius 3 is 1.47 bits per heavy atom. The molecule has 0 aromatic carbocycles. The van der Waals surface area contributed by atoms with Gasteiger partial charge >= 0.3 is 0 Å². The molecule has 1 amide bonds. The molecule has 0 aliphatic rings. The van der Waals surface area contributed by atoms with Gasteiger partial charge in [-0.3, -0.25) is 4.79 Å². The first-order valence-corrected chi connectivity index (χ1v) is 13.9. The van der Waals surface area contributed by atoms with Crippen LogP contribution in [0.5, 0.6) is 0 Å². The molecule has 0 rings (SSSR count). The summed E-state index contributed by atoms with van der Waals surface area (Å²) in [6, 6.07) is 0. The molecule has 0 atom stereocenters. The first-order valence-electron chi connectivity index (χ1n) is 12.8. The summed E-state index contributed by atoms with van der Waals surface area (Å²) in [5, 5.41) is 0. The van der Waals surface area contributed by atoms with Gasteiger partial charge in [-0.15, -0.1) is 23.2 Å². The Kier molecular flexibility index (Phi) is 24.9. The average Bonchev–Trinajstić information content (AvgIpc) is 2.75. The van der Waals surface area contributed by atoms with Crippen LogP contribution in [0.1, 0.15) is 122 Å². The van der Waals surface area contributed by atoms with Crippen molar-refractivity contribution in [3.63, 3.8) is 0 Å². The smallest absolute Gasteiger partial charge is 0.222 e. The number of alkyl halides is 2. The summed E-state index contributed by atoms with van der Waals surface area (Å²) in [5.41, 5.74) is 0. The molecular formula is C26H49Cl2NO. The lowest BCUT2D eigenvalue weighted by Crippen LogP contribution is -2.34. The Bertz CT molecular complexity index is 381. The molecule has 0 aliphatic heterocycles. The van der Waals surface area contributed by atoms with Gasteiger partial charge in [0.2, 0.25) is 5.91 Å². The van der Waals surface area contributed by atoms with E-state index in [2.05, 4.69) is 19.1 Å². The highest BCUT2D eigenvalue weighted by Gasteiger charge is 2.11. The van der Waals surface area contributed by atoms with Crippen molar-refractivity contribution in [1.82, 2.24) is 4.90 Å². The van der Waals surface area contributed by atoms with Gasteiger partial charge in [-0.25, -0.2) is 0 Å². The molecule has 0 bridgehead atoms. The molecule has 0 radical (unpaired) electrons. The van der Waals surface area contributed by atoms with E-state index in [-0.39, 0.29) is 5.91 Å². The van der Waals surface area contributed by atoms with Crippen LogP contribution in [0, 0.1) is 0 Å². The minimum Gasteiger partial charge on any atom is -0.340 e. The van der Waals surface area contributed by atoms with Crippen LogP contribution in [0.2, 0.25) is 0 Å². The maximum atomic E-state index is 12.1. The fourth-order valence-corrected chi connectivity index (χ4v) is 4.19. The first-order chi connectivity index (χ1) is 14.8. The highest BCUT2D eigenvalue weighted by atomic mass is 35.5. The van der Waals surface area contributed by atoms with E-state index >= 15 is 0 Å². The van der Waals surface area contributed by atoms with Crippen molar-refractivity contribution in [3.8, 4) is 0 Å². The molecule has 178 valence electrons. The maximum Gasteiger partial charge on any atom is 0.222 e. The summed E-state index contributed by atoms with van der Waals surface area (Å²) in [5.74, 6) is 1.17. The highest BCUT2D eigenvalue weighted by Crippen LogP contribution is 2.13. The lowest BCUT2D eigenvalue weighted by molar-refractivity contribution is -0.130. The van der Waals surface area contributed by atoms with Crippen LogP contribution in [0.15, 0.2) is 12.2 Å². The number of rotatable bonds is 23. The predicted molar refractivity (Wildman–Crippen MR) is 136 cm³/mol. The second kappa shape index (κ2) is 25.1. The fourth-order valence-electron chi connectivity index (χ4n) is 3.78. The molecule has 0 saturated heterocycles. The molecule has 0 saturated carbocycles. The van der Waals surface area contributed by atoms with Crippen molar-refractivity contribution in [2.24, 2.45) is 0 Å². The zero-order chi connectivity index (χ0) is 22.1.